The van der Waals surface area contributed by atoms with Crippen molar-refractivity contribution in [2.45, 2.75) is 52.0 Å². The van der Waals surface area contributed by atoms with E-state index in [2.05, 4.69) is 24.1 Å². The number of aromatic nitrogens is 3. The maximum atomic E-state index is 13.0. The van der Waals surface area contributed by atoms with E-state index >= 15 is 0 Å². The Balaban J connectivity index is 1.45. The third-order valence-electron chi connectivity index (χ3n) is 5.83. The predicted molar refractivity (Wildman–Crippen MR) is 117 cm³/mol. The summed E-state index contributed by atoms with van der Waals surface area (Å²) in [7, 11) is 0. The average Bonchev–Trinajstić information content (AvgIpc) is 3.41. The van der Waals surface area contributed by atoms with Crippen LogP contribution < -0.4 is 10.9 Å². The monoisotopic (exact) mass is 438 g/mol. The van der Waals surface area contributed by atoms with Crippen molar-refractivity contribution in [3.63, 3.8) is 0 Å². The van der Waals surface area contributed by atoms with Crippen LogP contribution in [0.1, 0.15) is 37.3 Å². The molecule has 0 spiro atoms. The number of furan rings is 1. The normalized spacial score (nSPS) is 18.4. The first-order valence-electron chi connectivity index (χ1n) is 10.2. The average molecular weight is 439 g/mol. The Morgan fingerprint density at radius 3 is 3.06 bits per heavy atom. The van der Waals surface area contributed by atoms with E-state index in [9.17, 15) is 9.59 Å². The van der Waals surface area contributed by atoms with Crippen molar-refractivity contribution in [1.29, 1.82) is 0 Å². The first-order valence-corrected chi connectivity index (χ1v) is 11.0. The van der Waals surface area contributed by atoms with Gasteiger partial charge in [-0.1, -0.05) is 6.92 Å². The molecule has 1 aliphatic rings. The van der Waals surface area contributed by atoms with Crippen molar-refractivity contribution in [2.75, 3.05) is 0 Å². The Morgan fingerprint density at radius 2 is 2.29 bits per heavy atom. The zero-order valence-electron chi connectivity index (χ0n) is 17.3. The topological polar surface area (TPSA) is 99.2 Å². The highest BCUT2D eigenvalue weighted by molar-refractivity contribution is 7.25. The smallest absolute Gasteiger partial charge is 0.271 e. The summed E-state index contributed by atoms with van der Waals surface area (Å²) in [6, 6.07) is 5.57. The molecule has 0 saturated carbocycles. The van der Waals surface area contributed by atoms with Crippen molar-refractivity contribution >= 4 is 37.7 Å². The molecule has 1 atom stereocenters. The summed E-state index contributed by atoms with van der Waals surface area (Å²) in [5.41, 5.74) is 2.23. The first-order chi connectivity index (χ1) is 15.0. The maximum Gasteiger partial charge on any atom is 0.271 e. The van der Waals surface area contributed by atoms with Crippen molar-refractivity contribution in [3.8, 4) is 0 Å². The number of pyridine rings is 1. The fourth-order valence-corrected chi connectivity index (χ4v) is 4.84. The summed E-state index contributed by atoms with van der Waals surface area (Å²) in [6.45, 7) is 4.88. The lowest BCUT2D eigenvalue weighted by molar-refractivity contribution is -0.122. The Kier molecular flexibility index (Phi) is 4.86. The molecule has 1 amide bonds. The van der Waals surface area contributed by atoms with E-state index in [4.69, 9.17) is 14.1 Å². The molecule has 160 valence electrons. The molecule has 0 aliphatic carbocycles. The molecule has 1 N–H and O–H groups in total. The molecule has 1 unspecified atom stereocenters. The van der Waals surface area contributed by atoms with Gasteiger partial charge < -0.3 is 14.5 Å². The van der Waals surface area contributed by atoms with Crippen LogP contribution in [-0.4, -0.2) is 26.0 Å². The highest BCUT2D eigenvalue weighted by Crippen LogP contribution is 2.35. The Bertz CT molecular complexity index is 1340. The number of carbonyl (C=O) groups excluding carboxylic acids is 1. The number of thiophene rings is 1. The van der Waals surface area contributed by atoms with Crippen molar-refractivity contribution in [1.82, 2.24) is 19.9 Å². The lowest BCUT2D eigenvalue weighted by atomic mass is 9.91. The van der Waals surface area contributed by atoms with E-state index in [1.807, 2.05) is 6.07 Å². The number of ether oxygens (including phenoxy) is 1. The second-order valence-corrected chi connectivity index (χ2v) is 9.03. The van der Waals surface area contributed by atoms with E-state index in [1.165, 1.54) is 22.2 Å². The summed E-state index contributed by atoms with van der Waals surface area (Å²) in [4.78, 5) is 35.4. The van der Waals surface area contributed by atoms with Crippen LogP contribution in [-0.2, 0) is 35.6 Å². The third-order valence-corrected chi connectivity index (χ3v) is 6.90. The van der Waals surface area contributed by atoms with Crippen molar-refractivity contribution in [3.05, 3.63) is 58.2 Å². The number of carbonyl (C=O) groups is 1. The van der Waals surface area contributed by atoms with Gasteiger partial charge in [0.15, 0.2) is 0 Å². The van der Waals surface area contributed by atoms with Crippen LogP contribution in [0.2, 0.25) is 0 Å². The van der Waals surface area contributed by atoms with Gasteiger partial charge in [-0.2, -0.15) is 0 Å². The molecule has 0 fully saturated rings. The summed E-state index contributed by atoms with van der Waals surface area (Å²) < 4.78 is 13.1. The number of nitrogens with zero attached hydrogens (tertiary/aromatic N) is 3. The largest absolute Gasteiger partial charge is 0.467 e. The lowest BCUT2D eigenvalue weighted by Gasteiger charge is -2.33. The van der Waals surface area contributed by atoms with Crippen LogP contribution >= 0.6 is 11.3 Å². The molecule has 1 aliphatic heterocycles. The van der Waals surface area contributed by atoms with Crippen LogP contribution in [0.15, 0.2) is 40.0 Å². The number of hydrogen-bond acceptors (Lipinski definition) is 7. The molecule has 0 bridgehead atoms. The van der Waals surface area contributed by atoms with E-state index in [0.717, 1.165) is 34.3 Å². The molecule has 8 nitrogen and oxygen atoms in total. The van der Waals surface area contributed by atoms with E-state index in [0.29, 0.717) is 22.6 Å². The predicted octanol–water partition coefficient (Wildman–Crippen LogP) is 3.16. The fraction of sp³-hybridized carbons (Fsp3) is 0.364. The number of hydrogen-bond donors (Lipinski definition) is 1. The van der Waals surface area contributed by atoms with Gasteiger partial charge in [-0.15, -0.1) is 11.3 Å². The Labute approximate surface area is 181 Å². The lowest BCUT2D eigenvalue weighted by Crippen LogP contribution is -2.35. The van der Waals surface area contributed by atoms with Gasteiger partial charge in [0.2, 0.25) is 5.91 Å². The standard InChI is InChI=1S/C22H22N4O4S/c1-3-22(2)8-16-13(11-30-22)7-15-18-19(31-20(15)25-16)21(28)26(12-24-18)10-17(27)23-9-14-5-4-6-29-14/h4-7,12H,3,8-11H2,1-2H3,(H,23,27). The van der Waals surface area contributed by atoms with Crippen LogP contribution in [0.3, 0.4) is 0 Å². The minimum Gasteiger partial charge on any atom is -0.467 e. The molecule has 9 heteroatoms. The highest BCUT2D eigenvalue weighted by Gasteiger charge is 2.31. The van der Waals surface area contributed by atoms with Crippen LogP contribution in [0.4, 0.5) is 0 Å². The number of fused-ring (bicyclic) bond motifs is 4. The maximum absolute atomic E-state index is 13.0. The molecule has 5 rings (SSSR count). The van der Waals surface area contributed by atoms with Crippen molar-refractivity contribution in [2.24, 2.45) is 0 Å². The molecule has 5 heterocycles. The molecule has 4 aromatic rings. The zero-order valence-corrected chi connectivity index (χ0v) is 18.1. The highest BCUT2D eigenvalue weighted by atomic mass is 32.1. The van der Waals surface area contributed by atoms with Crippen molar-refractivity contribution < 1.29 is 13.9 Å². The molecule has 0 radical (unpaired) electrons. The fourth-order valence-electron chi connectivity index (χ4n) is 3.76. The summed E-state index contributed by atoms with van der Waals surface area (Å²) in [5.74, 6) is 0.363. The molecule has 31 heavy (non-hydrogen) atoms. The quantitative estimate of drug-likeness (QED) is 0.514. The van der Waals surface area contributed by atoms with E-state index in [-0.39, 0.29) is 30.2 Å². The molecule has 4 aromatic heterocycles. The molecule has 0 saturated heterocycles. The number of amides is 1. The second-order valence-electron chi connectivity index (χ2n) is 8.03. The summed E-state index contributed by atoms with van der Waals surface area (Å²) >= 11 is 1.33. The van der Waals surface area contributed by atoms with Gasteiger partial charge in [0.1, 0.15) is 21.8 Å². The van der Waals surface area contributed by atoms with Gasteiger partial charge in [-0.05, 0) is 31.5 Å². The van der Waals surface area contributed by atoms with Gasteiger partial charge in [0.05, 0.1) is 42.6 Å². The zero-order chi connectivity index (χ0) is 21.6. The first kappa shape index (κ1) is 19.9. The Morgan fingerprint density at radius 1 is 1.42 bits per heavy atom. The number of rotatable bonds is 5. The molecular formula is C22H22N4O4S. The van der Waals surface area contributed by atoms with Gasteiger partial charge in [-0.25, -0.2) is 9.97 Å². The minimum absolute atomic E-state index is 0.108. The van der Waals surface area contributed by atoms with Gasteiger partial charge in [-0.3, -0.25) is 14.2 Å². The summed E-state index contributed by atoms with van der Waals surface area (Å²) in [5, 5.41) is 3.60. The number of nitrogens with one attached hydrogen (secondary N) is 1. The van der Waals surface area contributed by atoms with E-state index in [1.54, 1.807) is 18.4 Å². The van der Waals surface area contributed by atoms with Crippen LogP contribution in [0.5, 0.6) is 0 Å². The minimum atomic E-state index is -0.287. The third kappa shape index (κ3) is 3.64. The second kappa shape index (κ2) is 7.58. The molecule has 0 aromatic carbocycles. The SMILES string of the molecule is CCC1(C)Cc2nc3sc4c(=O)n(CC(=O)NCc5ccco5)cnc4c3cc2CO1. The van der Waals surface area contributed by atoms with Crippen LogP contribution in [0.25, 0.3) is 20.4 Å². The van der Waals surface area contributed by atoms with Gasteiger partial charge >= 0.3 is 0 Å². The Hall–Kier alpha value is -3.04. The van der Waals surface area contributed by atoms with Gasteiger partial charge in [0.25, 0.3) is 5.56 Å². The van der Waals surface area contributed by atoms with Crippen LogP contribution in [0, 0.1) is 0 Å². The summed E-state index contributed by atoms with van der Waals surface area (Å²) in [6.07, 6.45) is 4.63. The molecular weight excluding hydrogens is 416 g/mol. The van der Waals surface area contributed by atoms with Gasteiger partial charge in [0, 0.05) is 17.4 Å². The van der Waals surface area contributed by atoms with E-state index < -0.39 is 0 Å².